The highest BCUT2D eigenvalue weighted by Gasteiger charge is 2.39. The zero-order valence-electron chi connectivity index (χ0n) is 18.9. The van der Waals surface area contributed by atoms with Crippen molar-refractivity contribution in [2.75, 3.05) is 31.1 Å². The number of hydrogen-bond acceptors (Lipinski definition) is 6. The summed E-state index contributed by atoms with van der Waals surface area (Å²) in [6.07, 6.45) is -2.80. The number of pyridine rings is 1. The topological polar surface area (TPSA) is 37.8 Å². The molecule has 2 aliphatic rings. The molecule has 184 valence electrons. The van der Waals surface area contributed by atoms with Gasteiger partial charge in [-0.1, -0.05) is 41.9 Å². The Morgan fingerprint density at radius 2 is 1.74 bits per heavy atom. The van der Waals surface area contributed by atoms with Gasteiger partial charge in [-0.2, -0.15) is 13.2 Å². The molecule has 0 aliphatic carbocycles. The van der Waals surface area contributed by atoms with E-state index in [1.54, 1.807) is 11.9 Å². The average Bonchev–Trinajstić information content (AvgIpc) is 3.00. The zero-order valence-corrected chi connectivity index (χ0v) is 20.5. The van der Waals surface area contributed by atoms with Crippen LogP contribution in [-0.4, -0.2) is 35.5 Å². The maximum Gasteiger partial charge on any atom is 0.417 e. The average molecular weight is 522 g/mol. The predicted octanol–water partition coefficient (Wildman–Crippen LogP) is 6.62. The van der Waals surface area contributed by atoms with Crippen LogP contribution >= 0.6 is 23.5 Å². The van der Waals surface area contributed by atoms with Crippen molar-refractivity contribution in [1.82, 2.24) is 9.29 Å². The second kappa shape index (κ2) is 9.44. The van der Waals surface area contributed by atoms with Crippen molar-refractivity contribution in [3.05, 3.63) is 76.9 Å². The number of anilines is 1. The number of aromatic nitrogens is 1. The first kappa shape index (κ1) is 24.1. The Labute approximate surface area is 210 Å². The molecule has 0 N–H and O–H groups in total. The summed E-state index contributed by atoms with van der Waals surface area (Å²) < 4.78 is 53.3. The van der Waals surface area contributed by atoms with Gasteiger partial charge < -0.3 is 14.4 Å². The number of nitrogens with zero attached hydrogens (tertiary/aromatic N) is 3. The first-order valence-electron chi connectivity index (χ1n) is 11.2. The van der Waals surface area contributed by atoms with Crippen LogP contribution in [0.3, 0.4) is 0 Å². The normalized spacial score (nSPS) is 20.7. The van der Waals surface area contributed by atoms with Crippen LogP contribution in [0.2, 0.25) is 5.02 Å². The standard InChI is InChI=1S/C25H23ClF3N3O2S/c1-24(17-6-3-2-4-7-17)33-21-9-8-19(15-22(21)34-24)35-32-11-5-10-31(12-13-32)23-20(26)14-18(16-30-23)25(27,28)29/h2-4,6-9,14-16H,5,10-13H2,1H3. The number of hydrogen-bond donors (Lipinski definition) is 0. The van der Waals surface area contributed by atoms with Crippen molar-refractivity contribution >= 4 is 29.4 Å². The van der Waals surface area contributed by atoms with Crippen LogP contribution in [-0.2, 0) is 12.0 Å². The largest absolute Gasteiger partial charge is 0.445 e. The molecule has 1 unspecified atom stereocenters. The molecule has 3 heterocycles. The molecule has 0 saturated carbocycles. The van der Waals surface area contributed by atoms with Crippen molar-refractivity contribution in [2.45, 2.75) is 30.2 Å². The van der Waals surface area contributed by atoms with E-state index in [4.69, 9.17) is 21.1 Å². The summed E-state index contributed by atoms with van der Waals surface area (Å²) in [5, 5.41) is 0.0122. The molecule has 10 heteroatoms. The molecule has 1 fully saturated rings. The van der Waals surface area contributed by atoms with E-state index in [-0.39, 0.29) is 5.02 Å². The summed E-state index contributed by atoms with van der Waals surface area (Å²) in [5.41, 5.74) is 0.0953. The third kappa shape index (κ3) is 5.17. The fraction of sp³-hybridized carbons (Fsp3) is 0.320. The van der Waals surface area contributed by atoms with Crippen LogP contribution in [0.5, 0.6) is 11.5 Å². The molecule has 0 bridgehead atoms. The second-order valence-corrected chi connectivity index (χ2v) is 10.1. The fourth-order valence-corrected chi connectivity index (χ4v) is 5.44. The molecule has 2 aromatic carbocycles. The van der Waals surface area contributed by atoms with Crippen LogP contribution in [0, 0.1) is 0 Å². The van der Waals surface area contributed by atoms with Gasteiger partial charge in [-0.05, 0) is 42.6 Å². The van der Waals surface area contributed by atoms with Gasteiger partial charge in [0.05, 0.1) is 10.6 Å². The van der Waals surface area contributed by atoms with Gasteiger partial charge in [-0.15, -0.1) is 0 Å². The number of halogens is 4. The Hall–Kier alpha value is -2.62. The van der Waals surface area contributed by atoms with Crippen LogP contribution in [0.4, 0.5) is 19.0 Å². The van der Waals surface area contributed by atoms with E-state index in [0.29, 0.717) is 37.0 Å². The summed E-state index contributed by atoms with van der Waals surface area (Å²) in [7, 11) is 0. The van der Waals surface area contributed by atoms with E-state index in [0.717, 1.165) is 35.7 Å². The first-order valence-corrected chi connectivity index (χ1v) is 12.3. The summed E-state index contributed by atoms with van der Waals surface area (Å²) >= 11 is 7.78. The Bertz CT molecular complexity index is 1210. The van der Waals surface area contributed by atoms with Gasteiger partial charge in [0.1, 0.15) is 5.82 Å². The monoisotopic (exact) mass is 521 g/mol. The summed E-state index contributed by atoms with van der Waals surface area (Å²) in [6, 6.07) is 16.6. The van der Waals surface area contributed by atoms with Gasteiger partial charge in [-0.25, -0.2) is 9.29 Å². The SMILES string of the molecule is CC1(c2ccccc2)Oc2ccc(SN3CCCN(c4ncc(C(F)(F)F)cc4Cl)CC3)cc2O1. The zero-order chi connectivity index (χ0) is 24.6. The lowest BCUT2D eigenvalue weighted by Crippen LogP contribution is -2.31. The second-order valence-electron chi connectivity index (χ2n) is 8.51. The molecule has 35 heavy (non-hydrogen) atoms. The van der Waals surface area contributed by atoms with E-state index in [1.807, 2.05) is 60.4 Å². The number of alkyl halides is 3. The quantitative estimate of drug-likeness (QED) is 0.359. The summed E-state index contributed by atoms with van der Waals surface area (Å²) in [4.78, 5) is 6.97. The lowest BCUT2D eigenvalue weighted by Gasteiger charge is -2.23. The molecule has 1 aromatic heterocycles. The summed E-state index contributed by atoms with van der Waals surface area (Å²) in [5.74, 6) is 0.906. The van der Waals surface area contributed by atoms with Crippen molar-refractivity contribution < 1.29 is 22.6 Å². The molecule has 0 amide bonds. The Morgan fingerprint density at radius 1 is 0.971 bits per heavy atom. The number of benzene rings is 2. The molecular weight excluding hydrogens is 499 g/mol. The molecule has 1 saturated heterocycles. The molecule has 5 nitrogen and oxygen atoms in total. The maximum atomic E-state index is 12.9. The van der Waals surface area contributed by atoms with E-state index in [1.165, 1.54) is 0 Å². The van der Waals surface area contributed by atoms with Crippen LogP contribution in [0.25, 0.3) is 0 Å². The minimum absolute atomic E-state index is 0.0122. The molecule has 2 aliphatic heterocycles. The van der Waals surface area contributed by atoms with Crippen molar-refractivity contribution in [1.29, 1.82) is 0 Å². The third-order valence-corrected chi connectivity index (χ3v) is 7.33. The molecule has 3 aromatic rings. The Balaban J connectivity index is 1.24. The Morgan fingerprint density at radius 3 is 2.49 bits per heavy atom. The minimum atomic E-state index is -4.47. The van der Waals surface area contributed by atoms with Gasteiger partial charge in [-0.3, -0.25) is 0 Å². The van der Waals surface area contributed by atoms with Crippen molar-refractivity contribution in [3.8, 4) is 11.5 Å². The summed E-state index contributed by atoms with van der Waals surface area (Å²) in [6.45, 7) is 4.67. The van der Waals surface area contributed by atoms with Gasteiger partial charge >= 0.3 is 6.18 Å². The van der Waals surface area contributed by atoms with Crippen LogP contribution in [0.1, 0.15) is 24.5 Å². The lowest BCUT2D eigenvalue weighted by molar-refractivity contribution is -0.137. The third-order valence-electron chi connectivity index (χ3n) is 5.96. The molecule has 1 atom stereocenters. The smallest absolute Gasteiger partial charge is 0.417 e. The Kier molecular flexibility index (Phi) is 6.50. The van der Waals surface area contributed by atoms with E-state index < -0.39 is 17.5 Å². The van der Waals surface area contributed by atoms with Crippen molar-refractivity contribution in [3.63, 3.8) is 0 Å². The number of fused-ring (bicyclic) bond motifs is 1. The van der Waals surface area contributed by atoms with Crippen LogP contribution < -0.4 is 14.4 Å². The van der Waals surface area contributed by atoms with E-state index >= 15 is 0 Å². The van der Waals surface area contributed by atoms with E-state index in [9.17, 15) is 13.2 Å². The number of rotatable bonds is 4. The lowest BCUT2D eigenvalue weighted by atomic mass is 10.1. The molecule has 0 spiro atoms. The highest BCUT2D eigenvalue weighted by Crippen LogP contribution is 2.46. The highest BCUT2D eigenvalue weighted by atomic mass is 35.5. The molecule has 0 radical (unpaired) electrons. The van der Waals surface area contributed by atoms with Gasteiger partial charge in [0, 0.05) is 49.8 Å². The number of ether oxygens (including phenoxy) is 2. The molecule has 5 rings (SSSR count). The van der Waals surface area contributed by atoms with Gasteiger partial charge in [0.15, 0.2) is 11.5 Å². The predicted molar refractivity (Wildman–Crippen MR) is 130 cm³/mol. The highest BCUT2D eigenvalue weighted by molar-refractivity contribution is 7.97. The first-order chi connectivity index (χ1) is 16.7. The van der Waals surface area contributed by atoms with Crippen LogP contribution in [0.15, 0.2) is 65.7 Å². The van der Waals surface area contributed by atoms with E-state index in [2.05, 4.69) is 9.29 Å². The maximum absolute atomic E-state index is 12.9. The van der Waals surface area contributed by atoms with Gasteiger partial charge in [0.25, 0.3) is 5.79 Å². The molecular formula is C25H23ClF3N3O2S. The van der Waals surface area contributed by atoms with Gasteiger partial charge in [0.2, 0.25) is 0 Å². The minimum Gasteiger partial charge on any atom is -0.445 e. The van der Waals surface area contributed by atoms with Crippen molar-refractivity contribution in [2.24, 2.45) is 0 Å². The fourth-order valence-electron chi connectivity index (χ4n) is 4.17.